The quantitative estimate of drug-likeness (QED) is 0.763. The van der Waals surface area contributed by atoms with Gasteiger partial charge in [0.2, 0.25) is 0 Å². The second-order valence-corrected chi connectivity index (χ2v) is 13.3. The summed E-state index contributed by atoms with van der Waals surface area (Å²) in [6.45, 7) is 11.2. The van der Waals surface area contributed by atoms with Gasteiger partial charge < -0.3 is 19.0 Å². The van der Waals surface area contributed by atoms with Crippen LogP contribution in [0.15, 0.2) is 24.3 Å². The molecule has 0 heterocycles. The van der Waals surface area contributed by atoms with Crippen molar-refractivity contribution in [2.24, 2.45) is 0 Å². The van der Waals surface area contributed by atoms with E-state index in [-0.39, 0.29) is 23.3 Å². The molecule has 146 valence electrons. The number of aliphatic hydroxyl groups is 1. The molecular weight excluding hydrogens is 348 g/mol. The Morgan fingerprint density at radius 2 is 1.81 bits per heavy atom. The Hall–Kier alpha value is -1.21. The van der Waals surface area contributed by atoms with Crippen molar-refractivity contribution in [2.75, 3.05) is 7.11 Å². The second-order valence-electron chi connectivity index (χ2n) is 8.54. The number of benzene rings is 1. The van der Waals surface area contributed by atoms with E-state index in [1.54, 1.807) is 7.11 Å². The SMILES string of the molecule is COc1ccc(CO[C@H]2C[C@H](O[Si](C)(C)C(C)(C)C)[C@@H](O)CC2=O)cc1. The molecule has 6 heteroatoms. The maximum Gasteiger partial charge on any atom is 0.192 e. The summed E-state index contributed by atoms with van der Waals surface area (Å²) < 4.78 is 17.4. The van der Waals surface area contributed by atoms with Crippen LogP contribution in [-0.2, 0) is 20.6 Å². The summed E-state index contributed by atoms with van der Waals surface area (Å²) in [6.07, 6.45) is -1.14. The summed E-state index contributed by atoms with van der Waals surface area (Å²) in [5.74, 6) is 0.731. The Labute approximate surface area is 157 Å². The molecule has 5 nitrogen and oxygen atoms in total. The number of hydrogen-bond acceptors (Lipinski definition) is 5. The van der Waals surface area contributed by atoms with E-state index in [0.29, 0.717) is 13.0 Å². The predicted octanol–water partition coefficient (Wildman–Crippen LogP) is 3.69. The standard InChI is InChI=1S/C20H32O5Si/c1-20(2,3)26(5,6)25-19-12-18(16(21)11-17(19)22)24-13-14-7-9-15(23-4)10-8-14/h7-10,17-19,22H,11-13H2,1-6H3/t17-,18-,19-/m0/s1. The first-order valence-electron chi connectivity index (χ1n) is 9.16. The number of ketones is 1. The largest absolute Gasteiger partial charge is 0.497 e. The molecule has 0 aliphatic heterocycles. The minimum absolute atomic E-state index is 0.0492. The van der Waals surface area contributed by atoms with Crippen LogP contribution in [0.5, 0.6) is 5.75 Å². The van der Waals surface area contributed by atoms with Crippen LogP contribution in [0, 0.1) is 0 Å². The minimum atomic E-state index is -2.02. The highest BCUT2D eigenvalue weighted by atomic mass is 28.4. The van der Waals surface area contributed by atoms with Crippen molar-refractivity contribution in [3.8, 4) is 5.75 Å². The molecular formula is C20H32O5Si. The molecule has 0 spiro atoms. The molecule has 1 aromatic rings. The van der Waals surface area contributed by atoms with E-state index < -0.39 is 20.5 Å². The zero-order chi connectivity index (χ0) is 19.5. The fourth-order valence-corrected chi connectivity index (χ4v) is 4.09. The van der Waals surface area contributed by atoms with Gasteiger partial charge >= 0.3 is 0 Å². The lowest BCUT2D eigenvalue weighted by molar-refractivity contribution is -0.145. The number of methoxy groups -OCH3 is 1. The average molecular weight is 381 g/mol. The smallest absolute Gasteiger partial charge is 0.192 e. The summed E-state index contributed by atoms with van der Waals surface area (Å²) in [6, 6.07) is 7.58. The van der Waals surface area contributed by atoms with E-state index in [4.69, 9.17) is 13.9 Å². The number of ether oxygens (including phenoxy) is 2. The van der Waals surface area contributed by atoms with Crippen LogP contribution in [0.4, 0.5) is 0 Å². The molecule has 0 amide bonds. The Morgan fingerprint density at radius 1 is 1.19 bits per heavy atom. The third kappa shape index (κ3) is 5.16. The topological polar surface area (TPSA) is 65.0 Å². The van der Waals surface area contributed by atoms with Gasteiger partial charge in [0, 0.05) is 12.8 Å². The molecule has 0 aromatic heterocycles. The van der Waals surface area contributed by atoms with Gasteiger partial charge in [0.25, 0.3) is 0 Å². The lowest BCUT2D eigenvalue weighted by atomic mass is 9.91. The Kier molecular flexibility index (Phi) is 6.66. The number of carbonyl (C=O) groups excluding carboxylic acids is 1. The zero-order valence-corrected chi connectivity index (χ0v) is 17.7. The van der Waals surface area contributed by atoms with Gasteiger partial charge in [-0.25, -0.2) is 0 Å². The number of carbonyl (C=O) groups is 1. The molecule has 1 saturated carbocycles. The molecule has 1 aliphatic carbocycles. The van der Waals surface area contributed by atoms with E-state index in [1.165, 1.54) is 0 Å². The Bertz CT molecular complexity index is 606. The van der Waals surface area contributed by atoms with Gasteiger partial charge in [-0.05, 0) is 35.8 Å². The van der Waals surface area contributed by atoms with Gasteiger partial charge in [-0.15, -0.1) is 0 Å². The van der Waals surface area contributed by atoms with Gasteiger partial charge in [-0.1, -0.05) is 32.9 Å². The molecule has 0 bridgehead atoms. The van der Waals surface area contributed by atoms with Crippen molar-refractivity contribution in [1.29, 1.82) is 0 Å². The van der Waals surface area contributed by atoms with Gasteiger partial charge in [-0.2, -0.15) is 0 Å². The predicted molar refractivity (Wildman–Crippen MR) is 104 cm³/mol. The average Bonchev–Trinajstić information content (AvgIpc) is 2.55. The lowest BCUT2D eigenvalue weighted by Crippen LogP contribution is -2.52. The molecule has 0 unspecified atom stereocenters. The molecule has 0 radical (unpaired) electrons. The van der Waals surface area contributed by atoms with Crippen molar-refractivity contribution < 1.29 is 23.8 Å². The van der Waals surface area contributed by atoms with Gasteiger partial charge in [0.05, 0.1) is 25.9 Å². The van der Waals surface area contributed by atoms with Crippen molar-refractivity contribution in [2.45, 2.75) is 76.7 Å². The summed E-state index contributed by atoms with van der Waals surface area (Å²) >= 11 is 0. The second kappa shape index (κ2) is 8.21. The Morgan fingerprint density at radius 3 is 2.35 bits per heavy atom. The monoisotopic (exact) mass is 380 g/mol. The number of rotatable bonds is 6. The normalized spacial score (nSPS) is 24.6. The van der Waals surface area contributed by atoms with Crippen LogP contribution < -0.4 is 4.74 Å². The van der Waals surface area contributed by atoms with Crippen molar-refractivity contribution in [3.05, 3.63) is 29.8 Å². The van der Waals surface area contributed by atoms with Crippen LogP contribution in [0.1, 0.15) is 39.2 Å². The highest BCUT2D eigenvalue weighted by Gasteiger charge is 2.44. The van der Waals surface area contributed by atoms with Crippen molar-refractivity contribution in [1.82, 2.24) is 0 Å². The highest BCUT2D eigenvalue weighted by Crippen LogP contribution is 2.39. The number of Topliss-reactive ketones (excluding diaryl/α,β-unsaturated/α-hetero) is 1. The van der Waals surface area contributed by atoms with E-state index in [9.17, 15) is 9.90 Å². The lowest BCUT2D eigenvalue weighted by Gasteiger charge is -2.42. The fraction of sp³-hybridized carbons (Fsp3) is 0.650. The molecule has 1 N–H and O–H groups in total. The maximum absolute atomic E-state index is 12.3. The van der Waals surface area contributed by atoms with Crippen molar-refractivity contribution in [3.63, 3.8) is 0 Å². The van der Waals surface area contributed by atoms with E-state index in [1.807, 2.05) is 24.3 Å². The van der Waals surface area contributed by atoms with Crippen LogP contribution in [0.25, 0.3) is 0 Å². The summed E-state index contributed by atoms with van der Waals surface area (Å²) in [7, 11) is -0.399. The van der Waals surface area contributed by atoms with E-state index in [0.717, 1.165) is 11.3 Å². The molecule has 0 saturated heterocycles. The van der Waals surface area contributed by atoms with Gasteiger partial charge in [0.1, 0.15) is 11.9 Å². The van der Waals surface area contributed by atoms with Crippen molar-refractivity contribution >= 4 is 14.1 Å². The number of hydrogen-bond donors (Lipinski definition) is 1. The first-order valence-corrected chi connectivity index (χ1v) is 12.1. The summed E-state index contributed by atoms with van der Waals surface area (Å²) in [5.41, 5.74) is 0.978. The van der Waals surface area contributed by atoms with Crippen LogP contribution in [-0.4, -0.2) is 44.6 Å². The number of aliphatic hydroxyl groups excluding tert-OH is 1. The third-order valence-corrected chi connectivity index (χ3v) is 10.0. The third-order valence-electron chi connectivity index (χ3n) is 5.51. The van der Waals surface area contributed by atoms with Crippen LogP contribution in [0.3, 0.4) is 0 Å². The van der Waals surface area contributed by atoms with E-state index >= 15 is 0 Å². The zero-order valence-electron chi connectivity index (χ0n) is 16.7. The molecule has 1 aliphatic rings. The Balaban J connectivity index is 1.99. The summed E-state index contributed by atoms with van der Waals surface area (Å²) in [4.78, 5) is 12.3. The molecule has 3 atom stereocenters. The molecule has 1 fully saturated rings. The van der Waals surface area contributed by atoms with Gasteiger partial charge in [-0.3, -0.25) is 4.79 Å². The molecule has 26 heavy (non-hydrogen) atoms. The van der Waals surface area contributed by atoms with Gasteiger partial charge in [0.15, 0.2) is 14.1 Å². The van der Waals surface area contributed by atoms with E-state index in [2.05, 4.69) is 33.9 Å². The molecule has 2 rings (SSSR count). The minimum Gasteiger partial charge on any atom is -0.497 e. The first kappa shape index (κ1) is 21.1. The summed E-state index contributed by atoms with van der Waals surface area (Å²) in [5, 5.41) is 10.4. The van der Waals surface area contributed by atoms with Crippen LogP contribution in [0.2, 0.25) is 18.1 Å². The molecule has 1 aromatic carbocycles. The maximum atomic E-state index is 12.3. The van der Waals surface area contributed by atoms with Crippen LogP contribution >= 0.6 is 0 Å². The highest BCUT2D eigenvalue weighted by molar-refractivity contribution is 6.74. The first-order chi connectivity index (χ1) is 12.0. The fourth-order valence-electron chi connectivity index (χ4n) is 2.73.